The normalized spacial score (nSPS) is 27.2. The molecule has 0 bridgehead atoms. The van der Waals surface area contributed by atoms with Crippen molar-refractivity contribution in [2.45, 2.75) is 51.7 Å². The van der Waals surface area contributed by atoms with Gasteiger partial charge in [-0.2, -0.15) is 5.10 Å². The molecule has 4 aliphatic rings. The van der Waals surface area contributed by atoms with E-state index in [4.69, 9.17) is 16.7 Å². The molecule has 1 saturated carbocycles. The van der Waals surface area contributed by atoms with Crippen molar-refractivity contribution in [1.82, 2.24) is 19.6 Å². The summed E-state index contributed by atoms with van der Waals surface area (Å²) in [4.78, 5) is 32.8. The second-order valence-electron chi connectivity index (χ2n) is 11.0. The van der Waals surface area contributed by atoms with Crippen molar-refractivity contribution < 1.29 is 14.7 Å². The molecule has 1 N–H and O–H groups in total. The molecule has 8 nitrogen and oxygen atoms in total. The molecular formula is C27H34ClN5O3. The van der Waals surface area contributed by atoms with Gasteiger partial charge in [0.2, 0.25) is 5.91 Å². The highest BCUT2D eigenvalue weighted by molar-refractivity contribution is 6.31. The minimum Gasteiger partial charge on any atom is -0.393 e. The molecule has 2 aromatic rings. The van der Waals surface area contributed by atoms with Crippen LogP contribution in [0.5, 0.6) is 0 Å². The van der Waals surface area contributed by atoms with Crippen molar-refractivity contribution in [3.05, 3.63) is 45.7 Å². The third-order valence-electron chi connectivity index (χ3n) is 8.69. The number of amides is 2. The summed E-state index contributed by atoms with van der Waals surface area (Å²) in [6.07, 6.45) is 2.27. The number of piperidine rings is 1. The van der Waals surface area contributed by atoms with Crippen molar-refractivity contribution in [2.24, 2.45) is 11.8 Å². The topological polar surface area (TPSA) is 81.9 Å². The van der Waals surface area contributed by atoms with Gasteiger partial charge in [-0.1, -0.05) is 24.6 Å². The number of carbonyl (C=O) groups excluding carboxylic acids is 2. The maximum Gasteiger partial charge on any atom is 0.274 e. The standard InChI is InChI=1S/C27H34ClN5O3/c1-16-14-32(7-6-23(16)34)27(36)26-25-19-12-18(19)13-22(25)33(29-26)15-24(35)31-10-8-30(9-11-31)21-5-3-4-20(28)17(21)2/h3-5,16,18-19,23,34H,6-15H2,1-2H3/t16-,18+,19+,23+/m0/s1. The Kier molecular flexibility index (Phi) is 5.99. The lowest BCUT2D eigenvalue weighted by molar-refractivity contribution is -0.132. The monoisotopic (exact) mass is 511 g/mol. The van der Waals surface area contributed by atoms with E-state index in [0.29, 0.717) is 50.1 Å². The smallest absolute Gasteiger partial charge is 0.274 e. The number of aliphatic hydroxyl groups excluding tert-OH is 1. The predicted molar refractivity (Wildman–Crippen MR) is 137 cm³/mol. The Labute approximate surface area is 216 Å². The molecule has 2 aliphatic heterocycles. The fraction of sp³-hybridized carbons (Fsp3) is 0.593. The number of rotatable bonds is 4. The Morgan fingerprint density at radius 2 is 1.92 bits per heavy atom. The van der Waals surface area contributed by atoms with Gasteiger partial charge in [0.1, 0.15) is 6.54 Å². The Morgan fingerprint density at radius 1 is 1.14 bits per heavy atom. The number of benzene rings is 1. The van der Waals surface area contributed by atoms with Crippen LogP contribution in [0.4, 0.5) is 5.69 Å². The minimum atomic E-state index is -0.356. The van der Waals surface area contributed by atoms with E-state index < -0.39 is 0 Å². The number of hydrogen-bond acceptors (Lipinski definition) is 5. The molecule has 1 aromatic heterocycles. The van der Waals surface area contributed by atoms with Gasteiger partial charge in [-0.25, -0.2) is 0 Å². The van der Waals surface area contributed by atoms with Crippen LogP contribution in [-0.4, -0.2) is 81.9 Å². The lowest BCUT2D eigenvalue weighted by atomic mass is 9.96. The average molecular weight is 512 g/mol. The summed E-state index contributed by atoms with van der Waals surface area (Å²) >= 11 is 6.31. The summed E-state index contributed by atoms with van der Waals surface area (Å²) in [7, 11) is 0. The fourth-order valence-electron chi connectivity index (χ4n) is 6.31. The number of carbonyl (C=O) groups is 2. The molecule has 3 fully saturated rings. The Bertz CT molecular complexity index is 1200. The first kappa shape index (κ1) is 23.8. The van der Waals surface area contributed by atoms with Crippen LogP contribution in [0.3, 0.4) is 0 Å². The van der Waals surface area contributed by atoms with Crippen LogP contribution < -0.4 is 4.90 Å². The molecule has 9 heteroatoms. The van der Waals surface area contributed by atoms with Crippen molar-refractivity contribution in [3.8, 4) is 0 Å². The van der Waals surface area contributed by atoms with Crippen LogP contribution in [0.2, 0.25) is 5.02 Å². The zero-order valence-electron chi connectivity index (χ0n) is 21.0. The lowest BCUT2D eigenvalue weighted by Gasteiger charge is -2.37. The number of aromatic nitrogens is 2. The van der Waals surface area contributed by atoms with Crippen LogP contribution in [0.15, 0.2) is 18.2 Å². The summed E-state index contributed by atoms with van der Waals surface area (Å²) in [5, 5.41) is 15.6. The SMILES string of the molecule is Cc1c(Cl)cccc1N1CCN(C(=O)Cn2nc(C(=O)N3CC[C@@H](O)[C@@H](C)C3)c3c2C[C@H]2C[C@@H]32)CC1. The zero-order chi connectivity index (χ0) is 25.1. The van der Waals surface area contributed by atoms with Gasteiger partial charge in [-0.3, -0.25) is 14.3 Å². The molecule has 36 heavy (non-hydrogen) atoms. The van der Waals surface area contributed by atoms with Gasteiger partial charge in [-0.15, -0.1) is 0 Å². The molecule has 192 valence electrons. The van der Waals surface area contributed by atoms with E-state index in [0.717, 1.165) is 53.5 Å². The molecule has 6 rings (SSSR count). The summed E-state index contributed by atoms with van der Waals surface area (Å²) in [6.45, 7) is 8.12. The highest BCUT2D eigenvalue weighted by atomic mass is 35.5. The van der Waals surface area contributed by atoms with Crippen LogP contribution in [0.25, 0.3) is 0 Å². The van der Waals surface area contributed by atoms with Crippen LogP contribution >= 0.6 is 11.6 Å². The lowest BCUT2D eigenvalue weighted by Crippen LogP contribution is -2.50. The summed E-state index contributed by atoms with van der Waals surface area (Å²) in [6, 6.07) is 5.96. The molecule has 2 amide bonds. The molecular weight excluding hydrogens is 478 g/mol. The fourth-order valence-corrected chi connectivity index (χ4v) is 6.48. The summed E-state index contributed by atoms with van der Waals surface area (Å²) in [5.74, 6) is 1.08. The maximum absolute atomic E-state index is 13.5. The Balaban J connectivity index is 1.15. The van der Waals surface area contributed by atoms with Gasteiger partial charge in [0.05, 0.1) is 6.10 Å². The third-order valence-corrected chi connectivity index (χ3v) is 9.10. The molecule has 0 unspecified atom stereocenters. The first-order valence-electron chi connectivity index (χ1n) is 13.2. The van der Waals surface area contributed by atoms with Crippen molar-refractivity contribution in [3.63, 3.8) is 0 Å². The van der Waals surface area contributed by atoms with Gasteiger partial charge >= 0.3 is 0 Å². The number of aliphatic hydroxyl groups is 1. The molecule has 2 saturated heterocycles. The number of nitrogens with zero attached hydrogens (tertiary/aromatic N) is 5. The second kappa shape index (κ2) is 9.06. The van der Waals surface area contributed by atoms with E-state index >= 15 is 0 Å². The maximum atomic E-state index is 13.5. The van der Waals surface area contributed by atoms with Crippen LogP contribution in [0.1, 0.15) is 53.0 Å². The number of fused-ring (bicyclic) bond motifs is 3. The number of anilines is 1. The second-order valence-corrected chi connectivity index (χ2v) is 11.4. The van der Waals surface area contributed by atoms with Crippen LogP contribution in [0, 0.1) is 18.8 Å². The van der Waals surface area contributed by atoms with E-state index in [1.165, 1.54) is 0 Å². The van der Waals surface area contributed by atoms with Gasteiger partial charge in [-0.05, 0) is 61.6 Å². The first-order valence-corrected chi connectivity index (χ1v) is 13.5. The molecule has 4 atom stereocenters. The quantitative estimate of drug-likeness (QED) is 0.682. The highest BCUT2D eigenvalue weighted by Crippen LogP contribution is 2.57. The zero-order valence-corrected chi connectivity index (χ0v) is 21.7. The van der Waals surface area contributed by atoms with E-state index in [1.807, 2.05) is 40.5 Å². The molecule has 1 aromatic carbocycles. The number of piperazine rings is 1. The van der Waals surface area contributed by atoms with E-state index in [2.05, 4.69) is 11.0 Å². The minimum absolute atomic E-state index is 0.0470. The Morgan fingerprint density at radius 3 is 2.67 bits per heavy atom. The first-order chi connectivity index (χ1) is 17.3. The average Bonchev–Trinajstić information content (AvgIpc) is 3.40. The largest absolute Gasteiger partial charge is 0.393 e. The molecule has 0 spiro atoms. The molecule has 0 radical (unpaired) electrons. The van der Waals surface area contributed by atoms with E-state index in [-0.39, 0.29) is 30.4 Å². The van der Waals surface area contributed by atoms with Crippen molar-refractivity contribution in [2.75, 3.05) is 44.2 Å². The van der Waals surface area contributed by atoms with E-state index in [1.54, 1.807) is 0 Å². The van der Waals surface area contributed by atoms with E-state index in [9.17, 15) is 14.7 Å². The number of likely N-dealkylation sites (tertiary alicyclic amines) is 1. The van der Waals surface area contributed by atoms with Gasteiger partial charge in [0.25, 0.3) is 5.91 Å². The van der Waals surface area contributed by atoms with Gasteiger partial charge in [0, 0.05) is 61.2 Å². The highest BCUT2D eigenvalue weighted by Gasteiger charge is 2.50. The predicted octanol–water partition coefficient (Wildman–Crippen LogP) is 2.70. The van der Waals surface area contributed by atoms with Gasteiger partial charge < -0.3 is 19.8 Å². The number of halogens is 1. The van der Waals surface area contributed by atoms with Gasteiger partial charge in [0.15, 0.2) is 5.69 Å². The van der Waals surface area contributed by atoms with Crippen LogP contribution in [-0.2, 0) is 17.8 Å². The molecule has 3 heterocycles. The summed E-state index contributed by atoms with van der Waals surface area (Å²) in [5.41, 5.74) is 4.89. The number of hydrogen-bond donors (Lipinski definition) is 1. The van der Waals surface area contributed by atoms with Crippen molar-refractivity contribution >= 4 is 29.1 Å². The Hall–Kier alpha value is -2.58. The van der Waals surface area contributed by atoms with Crippen molar-refractivity contribution in [1.29, 1.82) is 0 Å². The third kappa shape index (κ3) is 4.08. The summed E-state index contributed by atoms with van der Waals surface area (Å²) < 4.78 is 1.81. The molecule has 2 aliphatic carbocycles.